The average molecular weight is 170 g/mol. The Hall–Kier alpha value is -0.610. The van der Waals surface area contributed by atoms with E-state index in [9.17, 15) is 4.79 Å². The van der Waals surface area contributed by atoms with E-state index >= 15 is 0 Å². The first-order valence-electron chi connectivity index (χ1n) is 4.44. The van der Waals surface area contributed by atoms with Gasteiger partial charge in [0.15, 0.2) is 0 Å². The van der Waals surface area contributed by atoms with E-state index in [2.05, 4.69) is 5.32 Å². The fourth-order valence-corrected chi connectivity index (χ4v) is 1.72. The Morgan fingerprint density at radius 3 is 3.00 bits per heavy atom. The topological polar surface area (TPSA) is 41.6 Å². The van der Waals surface area contributed by atoms with Crippen molar-refractivity contribution >= 4 is 6.41 Å². The molecule has 2 heterocycles. The molecule has 1 N–H and O–H groups in total. The second kappa shape index (κ2) is 3.41. The molecule has 4 heteroatoms. The monoisotopic (exact) mass is 170 g/mol. The first-order valence-corrected chi connectivity index (χ1v) is 4.44. The van der Waals surface area contributed by atoms with Gasteiger partial charge in [0.2, 0.25) is 6.41 Å². The molecule has 2 aliphatic heterocycles. The normalized spacial score (nSPS) is 35.8. The van der Waals surface area contributed by atoms with Gasteiger partial charge in [0.1, 0.15) is 0 Å². The van der Waals surface area contributed by atoms with Crippen LogP contribution >= 0.6 is 0 Å². The van der Waals surface area contributed by atoms with Crippen LogP contribution in [-0.2, 0) is 9.53 Å². The maximum atomic E-state index is 10.5. The van der Waals surface area contributed by atoms with Crippen molar-refractivity contribution in [2.75, 3.05) is 26.2 Å². The van der Waals surface area contributed by atoms with Gasteiger partial charge in [-0.3, -0.25) is 4.79 Å². The molecule has 68 valence electrons. The predicted molar refractivity (Wildman–Crippen MR) is 43.8 cm³/mol. The van der Waals surface area contributed by atoms with Gasteiger partial charge >= 0.3 is 0 Å². The highest BCUT2D eigenvalue weighted by molar-refractivity contribution is 5.47. The smallest absolute Gasteiger partial charge is 0.209 e. The Balaban J connectivity index is 1.84. The number of hydrogen-bond donors (Lipinski definition) is 1. The van der Waals surface area contributed by atoms with Crippen molar-refractivity contribution in [1.82, 2.24) is 10.2 Å². The Kier molecular flexibility index (Phi) is 2.28. The summed E-state index contributed by atoms with van der Waals surface area (Å²) < 4.78 is 5.36. The minimum Gasteiger partial charge on any atom is -0.376 e. The Bertz CT molecular complexity index is 170. The van der Waals surface area contributed by atoms with E-state index in [1.54, 1.807) is 0 Å². The van der Waals surface area contributed by atoms with Gasteiger partial charge in [-0.25, -0.2) is 0 Å². The van der Waals surface area contributed by atoms with Gasteiger partial charge in [0.05, 0.1) is 12.1 Å². The minimum absolute atomic E-state index is 0.341. The summed E-state index contributed by atoms with van der Waals surface area (Å²) in [5.74, 6) is 0. The summed E-state index contributed by atoms with van der Waals surface area (Å²) >= 11 is 0. The van der Waals surface area contributed by atoms with Crippen LogP contribution in [0.2, 0.25) is 0 Å². The first-order chi connectivity index (χ1) is 5.90. The van der Waals surface area contributed by atoms with Gasteiger partial charge < -0.3 is 15.0 Å². The van der Waals surface area contributed by atoms with E-state index in [-0.39, 0.29) is 0 Å². The molecular weight excluding hydrogens is 156 g/mol. The summed E-state index contributed by atoms with van der Waals surface area (Å²) in [5, 5.41) is 3.36. The van der Waals surface area contributed by atoms with Crippen LogP contribution in [0, 0.1) is 0 Å². The van der Waals surface area contributed by atoms with E-state index in [1.807, 2.05) is 4.90 Å². The van der Waals surface area contributed by atoms with Gasteiger partial charge in [0, 0.05) is 26.2 Å². The van der Waals surface area contributed by atoms with Crippen molar-refractivity contribution in [1.29, 1.82) is 0 Å². The lowest BCUT2D eigenvalue weighted by molar-refractivity contribution is -0.122. The van der Waals surface area contributed by atoms with Crippen LogP contribution in [0.15, 0.2) is 0 Å². The molecule has 1 amide bonds. The summed E-state index contributed by atoms with van der Waals surface area (Å²) in [6, 6.07) is 0.359. The molecule has 0 aliphatic carbocycles. The van der Waals surface area contributed by atoms with Crippen molar-refractivity contribution in [2.24, 2.45) is 0 Å². The Labute approximate surface area is 71.9 Å². The van der Waals surface area contributed by atoms with Gasteiger partial charge in [0.25, 0.3) is 0 Å². The lowest BCUT2D eigenvalue weighted by Gasteiger charge is -2.39. The van der Waals surface area contributed by atoms with Crippen LogP contribution in [0.4, 0.5) is 0 Å². The second-order valence-corrected chi connectivity index (χ2v) is 3.36. The van der Waals surface area contributed by atoms with E-state index in [0.717, 1.165) is 39.1 Å². The molecule has 0 saturated carbocycles. The third-order valence-corrected chi connectivity index (χ3v) is 2.57. The number of hydrogen-bond acceptors (Lipinski definition) is 3. The molecule has 12 heavy (non-hydrogen) atoms. The van der Waals surface area contributed by atoms with Crippen molar-refractivity contribution in [3.63, 3.8) is 0 Å². The van der Waals surface area contributed by atoms with Gasteiger partial charge in [-0.05, 0) is 6.42 Å². The van der Waals surface area contributed by atoms with Crippen molar-refractivity contribution in [3.8, 4) is 0 Å². The lowest BCUT2D eigenvalue weighted by Crippen LogP contribution is -2.58. The van der Waals surface area contributed by atoms with E-state index < -0.39 is 0 Å². The summed E-state index contributed by atoms with van der Waals surface area (Å²) in [6.07, 6.45) is 2.39. The highest BCUT2D eigenvalue weighted by Gasteiger charge is 2.31. The number of carbonyl (C=O) groups is 1. The molecule has 0 bridgehead atoms. The molecule has 0 aromatic carbocycles. The fraction of sp³-hybridized carbons (Fsp3) is 0.875. The van der Waals surface area contributed by atoms with Crippen molar-refractivity contribution in [3.05, 3.63) is 0 Å². The number of rotatable bonds is 2. The number of piperazine rings is 1. The molecule has 0 radical (unpaired) electrons. The van der Waals surface area contributed by atoms with Crippen LogP contribution < -0.4 is 5.32 Å². The SMILES string of the molecule is O=CN1CCN[C@@H]([C@H]2CCO2)C1. The van der Waals surface area contributed by atoms with Crippen LogP contribution in [0.3, 0.4) is 0 Å². The number of nitrogens with zero attached hydrogens (tertiary/aromatic N) is 1. The first kappa shape index (κ1) is 8.01. The number of carbonyl (C=O) groups excluding carboxylic acids is 1. The molecule has 0 aromatic rings. The van der Waals surface area contributed by atoms with Gasteiger partial charge in [-0.1, -0.05) is 0 Å². The quantitative estimate of drug-likeness (QED) is 0.552. The van der Waals surface area contributed by atoms with Crippen molar-refractivity contribution in [2.45, 2.75) is 18.6 Å². The zero-order valence-electron chi connectivity index (χ0n) is 7.03. The maximum Gasteiger partial charge on any atom is 0.209 e. The predicted octanol–water partition coefficient (Wildman–Crippen LogP) is -0.794. The molecular formula is C8H14N2O2. The van der Waals surface area contributed by atoms with Crippen molar-refractivity contribution < 1.29 is 9.53 Å². The van der Waals surface area contributed by atoms with Crippen LogP contribution in [-0.4, -0.2) is 49.7 Å². The highest BCUT2D eigenvalue weighted by Crippen LogP contribution is 2.17. The molecule has 2 saturated heterocycles. The summed E-state index contributed by atoms with van der Waals surface area (Å²) in [5.41, 5.74) is 0. The Morgan fingerprint density at radius 1 is 1.58 bits per heavy atom. The van der Waals surface area contributed by atoms with Crippen LogP contribution in [0.1, 0.15) is 6.42 Å². The molecule has 2 rings (SSSR count). The molecule has 2 fully saturated rings. The number of nitrogens with one attached hydrogen (secondary N) is 1. The summed E-state index contributed by atoms with van der Waals surface area (Å²) in [4.78, 5) is 12.3. The fourth-order valence-electron chi connectivity index (χ4n) is 1.72. The zero-order valence-corrected chi connectivity index (χ0v) is 7.03. The number of ether oxygens (including phenoxy) is 1. The molecule has 4 nitrogen and oxygen atoms in total. The third kappa shape index (κ3) is 1.44. The largest absolute Gasteiger partial charge is 0.376 e. The van der Waals surface area contributed by atoms with E-state index in [1.165, 1.54) is 0 Å². The minimum atomic E-state index is 0.341. The summed E-state index contributed by atoms with van der Waals surface area (Å²) in [7, 11) is 0. The molecule has 0 unspecified atom stereocenters. The standard InChI is InChI=1S/C8H14N2O2/c11-6-10-3-2-9-7(5-10)8-1-4-12-8/h6-9H,1-5H2/t7-,8-/m1/s1. The number of amides is 1. The summed E-state index contributed by atoms with van der Waals surface area (Å²) in [6.45, 7) is 3.40. The Morgan fingerprint density at radius 2 is 2.42 bits per heavy atom. The van der Waals surface area contributed by atoms with Gasteiger partial charge in [-0.2, -0.15) is 0 Å². The third-order valence-electron chi connectivity index (χ3n) is 2.57. The van der Waals surface area contributed by atoms with E-state index in [0.29, 0.717) is 12.1 Å². The van der Waals surface area contributed by atoms with Crippen LogP contribution in [0.5, 0.6) is 0 Å². The maximum absolute atomic E-state index is 10.5. The van der Waals surface area contributed by atoms with E-state index in [4.69, 9.17) is 4.74 Å². The molecule has 0 aromatic heterocycles. The molecule has 2 aliphatic rings. The van der Waals surface area contributed by atoms with Gasteiger partial charge in [-0.15, -0.1) is 0 Å². The highest BCUT2D eigenvalue weighted by atomic mass is 16.5. The van der Waals surface area contributed by atoms with Crippen LogP contribution in [0.25, 0.3) is 0 Å². The lowest BCUT2D eigenvalue weighted by atomic mass is 10.0. The zero-order chi connectivity index (χ0) is 8.39. The average Bonchev–Trinajstić information content (AvgIpc) is 2.02. The second-order valence-electron chi connectivity index (χ2n) is 3.36. The molecule has 2 atom stereocenters. The molecule has 0 spiro atoms.